The molecular weight excluding hydrogens is 344 g/mol. The number of nitrogens with one attached hydrogen (secondary N) is 1. The molecule has 22 heavy (non-hydrogen) atoms. The monoisotopic (exact) mass is 362 g/mol. The van der Waals surface area contributed by atoms with Crippen LogP contribution in [0.5, 0.6) is 5.75 Å². The molecule has 0 spiro atoms. The summed E-state index contributed by atoms with van der Waals surface area (Å²) in [5.74, 6) is -0.319. The van der Waals surface area contributed by atoms with Gasteiger partial charge in [-0.3, -0.25) is 4.79 Å². The predicted octanol–water partition coefficient (Wildman–Crippen LogP) is 3.15. The van der Waals surface area contributed by atoms with Gasteiger partial charge in [-0.2, -0.15) is 0 Å². The van der Waals surface area contributed by atoms with E-state index in [1.165, 1.54) is 11.6 Å². The Morgan fingerprint density at radius 1 is 1.18 bits per heavy atom. The first-order valence-corrected chi connectivity index (χ1v) is 7.75. The number of phenols is 1. The zero-order valence-electron chi connectivity index (χ0n) is 12.6. The largest absolute Gasteiger partial charge is 0.507 e. The summed E-state index contributed by atoms with van der Waals surface area (Å²) >= 11 is 3.30. The molecule has 0 saturated heterocycles. The number of rotatable bonds is 5. The first kappa shape index (κ1) is 16.5. The molecule has 0 aromatic heterocycles. The Bertz CT molecular complexity index is 671. The summed E-state index contributed by atoms with van der Waals surface area (Å²) in [7, 11) is 4.02. The molecule has 0 radical (unpaired) electrons. The van der Waals surface area contributed by atoms with Gasteiger partial charge in [0.05, 0.1) is 5.56 Å². The first-order valence-electron chi connectivity index (χ1n) is 6.95. The Hall–Kier alpha value is -1.85. The Morgan fingerprint density at radius 2 is 1.86 bits per heavy atom. The molecule has 0 saturated carbocycles. The minimum absolute atomic E-state index is 0.0257. The SMILES string of the molecule is CN(C)Cc1ccccc1CNC(=O)c1cc(Br)ccc1O. The van der Waals surface area contributed by atoms with Crippen molar-refractivity contribution in [2.24, 2.45) is 0 Å². The third-order valence-corrected chi connectivity index (χ3v) is 3.74. The molecule has 1 amide bonds. The second-order valence-electron chi connectivity index (χ2n) is 5.35. The van der Waals surface area contributed by atoms with Crippen LogP contribution < -0.4 is 5.32 Å². The number of hydrogen-bond acceptors (Lipinski definition) is 3. The van der Waals surface area contributed by atoms with Crippen molar-refractivity contribution in [1.82, 2.24) is 10.2 Å². The van der Waals surface area contributed by atoms with E-state index < -0.39 is 0 Å². The molecule has 0 unspecified atom stereocenters. The van der Waals surface area contributed by atoms with Crippen LogP contribution in [0.4, 0.5) is 0 Å². The molecule has 0 aliphatic heterocycles. The van der Waals surface area contributed by atoms with Crippen LogP contribution in [0.15, 0.2) is 46.9 Å². The molecule has 0 fully saturated rings. The molecule has 0 aliphatic rings. The van der Waals surface area contributed by atoms with Crippen molar-refractivity contribution < 1.29 is 9.90 Å². The fourth-order valence-electron chi connectivity index (χ4n) is 2.19. The maximum Gasteiger partial charge on any atom is 0.255 e. The number of phenolic OH excluding ortho intramolecular Hbond substituents is 1. The van der Waals surface area contributed by atoms with Crippen molar-refractivity contribution in [2.75, 3.05) is 14.1 Å². The van der Waals surface area contributed by atoms with Crippen molar-refractivity contribution in [3.05, 3.63) is 63.6 Å². The molecule has 0 aliphatic carbocycles. The fraction of sp³-hybridized carbons (Fsp3) is 0.235. The summed E-state index contributed by atoms with van der Waals surface area (Å²) in [6.07, 6.45) is 0. The van der Waals surface area contributed by atoms with Crippen LogP contribution in [0.3, 0.4) is 0 Å². The molecule has 0 atom stereocenters. The molecule has 0 heterocycles. The Morgan fingerprint density at radius 3 is 2.55 bits per heavy atom. The van der Waals surface area contributed by atoms with Crippen molar-refractivity contribution in [2.45, 2.75) is 13.1 Å². The Kier molecular flexibility index (Phi) is 5.57. The van der Waals surface area contributed by atoms with E-state index in [0.717, 1.165) is 16.6 Å². The van der Waals surface area contributed by atoms with Crippen LogP contribution in [0.2, 0.25) is 0 Å². The van der Waals surface area contributed by atoms with Gasteiger partial charge in [-0.25, -0.2) is 0 Å². The van der Waals surface area contributed by atoms with E-state index >= 15 is 0 Å². The molecule has 2 N–H and O–H groups in total. The number of carbonyl (C=O) groups is 1. The number of carbonyl (C=O) groups excluding carboxylic acids is 1. The molecule has 0 bridgehead atoms. The predicted molar refractivity (Wildman–Crippen MR) is 90.8 cm³/mol. The lowest BCUT2D eigenvalue weighted by Gasteiger charge is -2.15. The average Bonchev–Trinajstić information content (AvgIpc) is 2.48. The molecule has 4 nitrogen and oxygen atoms in total. The minimum Gasteiger partial charge on any atom is -0.507 e. The van der Waals surface area contributed by atoms with E-state index in [0.29, 0.717) is 6.54 Å². The van der Waals surface area contributed by atoms with E-state index in [4.69, 9.17) is 0 Å². The molecule has 5 heteroatoms. The van der Waals surface area contributed by atoms with Gasteiger partial charge >= 0.3 is 0 Å². The second kappa shape index (κ2) is 7.42. The summed E-state index contributed by atoms with van der Waals surface area (Å²) in [5, 5.41) is 12.6. The molecule has 2 rings (SSSR count). The Labute approximate surface area is 138 Å². The lowest BCUT2D eigenvalue weighted by Crippen LogP contribution is -2.24. The summed E-state index contributed by atoms with van der Waals surface area (Å²) in [5.41, 5.74) is 2.50. The fourth-order valence-corrected chi connectivity index (χ4v) is 2.55. The van der Waals surface area contributed by atoms with Crippen molar-refractivity contribution >= 4 is 21.8 Å². The van der Waals surface area contributed by atoms with Crippen LogP contribution in [0.25, 0.3) is 0 Å². The summed E-state index contributed by atoms with van der Waals surface area (Å²) in [6, 6.07) is 12.8. The second-order valence-corrected chi connectivity index (χ2v) is 6.27. The average molecular weight is 363 g/mol. The lowest BCUT2D eigenvalue weighted by molar-refractivity contribution is 0.0948. The Balaban J connectivity index is 2.10. The molecule has 2 aromatic rings. The molecule has 2 aromatic carbocycles. The van der Waals surface area contributed by atoms with Crippen LogP contribution in [0, 0.1) is 0 Å². The standard InChI is InChI=1S/C17H19BrN2O2/c1-20(2)11-13-6-4-3-5-12(13)10-19-17(22)15-9-14(18)7-8-16(15)21/h3-9,21H,10-11H2,1-2H3,(H,19,22). The van der Waals surface area contributed by atoms with Gasteiger partial charge in [-0.1, -0.05) is 40.2 Å². The maximum absolute atomic E-state index is 12.2. The van der Waals surface area contributed by atoms with Crippen molar-refractivity contribution in [3.8, 4) is 5.75 Å². The first-order chi connectivity index (χ1) is 10.5. The number of halogens is 1. The normalized spacial score (nSPS) is 10.7. The van der Waals surface area contributed by atoms with Gasteiger partial charge in [-0.15, -0.1) is 0 Å². The van der Waals surface area contributed by atoms with Gasteiger partial charge in [0.15, 0.2) is 0 Å². The smallest absolute Gasteiger partial charge is 0.255 e. The third-order valence-electron chi connectivity index (χ3n) is 3.25. The van der Waals surface area contributed by atoms with E-state index in [1.807, 2.05) is 32.3 Å². The van der Waals surface area contributed by atoms with Gasteiger partial charge in [0, 0.05) is 17.6 Å². The van der Waals surface area contributed by atoms with E-state index in [1.54, 1.807) is 12.1 Å². The van der Waals surface area contributed by atoms with Crippen LogP contribution in [-0.4, -0.2) is 30.0 Å². The summed E-state index contributed by atoms with van der Waals surface area (Å²) in [4.78, 5) is 14.3. The van der Waals surface area contributed by atoms with Crippen LogP contribution in [-0.2, 0) is 13.1 Å². The van der Waals surface area contributed by atoms with Gasteiger partial charge in [0.1, 0.15) is 5.75 Å². The van der Waals surface area contributed by atoms with Gasteiger partial charge in [0.25, 0.3) is 5.91 Å². The van der Waals surface area contributed by atoms with E-state index in [2.05, 4.69) is 32.2 Å². The van der Waals surface area contributed by atoms with Crippen molar-refractivity contribution in [1.29, 1.82) is 0 Å². The zero-order chi connectivity index (χ0) is 16.1. The van der Waals surface area contributed by atoms with E-state index in [-0.39, 0.29) is 17.2 Å². The number of aromatic hydroxyl groups is 1. The number of hydrogen-bond donors (Lipinski definition) is 2. The molecule has 116 valence electrons. The highest BCUT2D eigenvalue weighted by molar-refractivity contribution is 9.10. The quantitative estimate of drug-likeness (QED) is 0.858. The van der Waals surface area contributed by atoms with Gasteiger partial charge < -0.3 is 15.3 Å². The topological polar surface area (TPSA) is 52.6 Å². The number of benzene rings is 2. The highest BCUT2D eigenvalue weighted by Gasteiger charge is 2.12. The molecular formula is C17H19BrN2O2. The number of amides is 1. The lowest BCUT2D eigenvalue weighted by atomic mass is 10.1. The van der Waals surface area contributed by atoms with Crippen LogP contribution in [0.1, 0.15) is 21.5 Å². The van der Waals surface area contributed by atoms with Crippen LogP contribution >= 0.6 is 15.9 Å². The highest BCUT2D eigenvalue weighted by Crippen LogP contribution is 2.22. The van der Waals surface area contributed by atoms with Crippen molar-refractivity contribution in [3.63, 3.8) is 0 Å². The summed E-state index contributed by atoms with van der Waals surface area (Å²) < 4.78 is 0.753. The number of nitrogens with zero attached hydrogens (tertiary/aromatic N) is 1. The minimum atomic E-state index is -0.293. The zero-order valence-corrected chi connectivity index (χ0v) is 14.2. The van der Waals surface area contributed by atoms with Gasteiger partial charge in [-0.05, 0) is 43.4 Å². The third kappa shape index (κ3) is 4.32. The van der Waals surface area contributed by atoms with Gasteiger partial charge in [0.2, 0.25) is 0 Å². The maximum atomic E-state index is 12.2. The highest BCUT2D eigenvalue weighted by atomic mass is 79.9. The summed E-state index contributed by atoms with van der Waals surface area (Å²) in [6.45, 7) is 1.24. The van der Waals surface area contributed by atoms with E-state index in [9.17, 15) is 9.90 Å².